The molecule has 1 heterocycles. The maximum absolute atomic E-state index is 12.2. The van der Waals surface area contributed by atoms with Crippen molar-refractivity contribution in [2.24, 2.45) is 4.99 Å². The lowest BCUT2D eigenvalue weighted by Gasteiger charge is -2.02. The van der Waals surface area contributed by atoms with Gasteiger partial charge < -0.3 is 5.32 Å². The fourth-order valence-corrected chi connectivity index (χ4v) is 3.27. The van der Waals surface area contributed by atoms with E-state index < -0.39 is 0 Å². The van der Waals surface area contributed by atoms with Crippen molar-refractivity contribution in [3.63, 3.8) is 0 Å². The van der Waals surface area contributed by atoms with Crippen LogP contribution in [0.5, 0.6) is 0 Å². The molecular formula is C20H20N2OS. The van der Waals surface area contributed by atoms with Crippen molar-refractivity contribution in [1.29, 1.82) is 0 Å². The van der Waals surface area contributed by atoms with Crippen LogP contribution in [0.4, 0.5) is 5.69 Å². The number of hydrogen-bond acceptors (Lipinski definition) is 3. The summed E-state index contributed by atoms with van der Waals surface area (Å²) in [6.45, 7) is 6.19. The predicted molar refractivity (Wildman–Crippen MR) is 103 cm³/mol. The van der Waals surface area contributed by atoms with E-state index in [9.17, 15) is 4.79 Å². The average Bonchev–Trinajstić information content (AvgIpc) is 2.91. The Morgan fingerprint density at radius 1 is 1.12 bits per heavy atom. The fourth-order valence-electron chi connectivity index (χ4n) is 2.43. The zero-order valence-electron chi connectivity index (χ0n) is 14.1. The molecule has 24 heavy (non-hydrogen) atoms. The molecule has 1 aliphatic rings. The van der Waals surface area contributed by atoms with Crippen LogP contribution < -0.4 is 5.32 Å². The van der Waals surface area contributed by atoms with Crippen molar-refractivity contribution < 1.29 is 4.79 Å². The van der Waals surface area contributed by atoms with E-state index in [1.54, 1.807) is 0 Å². The molecule has 0 bridgehead atoms. The molecule has 0 atom stereocenters. The first kappa shape index (κ1) is 16.5. The van der Waals surface area contributed by atoms with E-state index in [1.165, 1.54) is 17.3 Å². The number of thioether (sulfide) groups is 1. The van der Waals surface area contributed by atoms with Crippen molar-refractivity contribution in [3.8, 4) is 0 Å². The second kappa shape index (κ2) is 7.05. The monoisotopic (exact) mass is 336 g/mol. The van der Waals surface area contributed by atoms with Gasteiger partial charge in [0, 0.05) is 0 Å². The normalized spacial score (nSPS) is 17.5. The Morgan fingerprint density at radius 2 is 1.88 bits per heavy atom. The number of amidine groups is 1. The number of rotatable bonds is 3. The minimum Gasteiger partial charge on any atom is -0.300 e. The molecule has 2 aromatic rings. The van der Waals surface area contributed by atoms with Gasteiger partial charge in [-0.25, -0.2) is 4.99 Å². The summed E-state index contributed by atoms with van der Waals surface area (Å²) in [7, 11) is 0. The molecule has 122 valence electrons. The van der Waals surface area contributed by atoms with Crippen molar-refractivity contribution in [3.05, 3.63) is 69.6 Å². The van der Waals surface area contributed by atoms with Gasteiger partial charge in [0.2, 0.25) is 0 Å². The molecule has 4 heteroatoms. The second-order valence-corrected chi connectivity index (χ2v) is 6.90. The molecule has 3 rings (SSSR count). The third kappa shape index (κ3) is 3.77. The van der Waals surface area contributed by atoms with Gasteiger partial charge in [0.15, 0.2) is 5.17 Å². The van der Waals surface area contributed by atoms with E-state index in [0.29, 0.717) is 10.1 Å². The molecule has 0 aromatic heterocycles. The van der Waals surface area contributed by atoms with E-state index in [2.05, 4.69) is 35.4 Å². The highest BCUT2D eigenvalue weighted by molar-refractivity contribution is 8.18. The van der Waals surface area contributed by atoms with Gasteiger partial charge in [-0.2, -0.15) is 0 Å². The van der Waals surface area contributed by atoms with Gasteiger partial charge in [-0.3, -0.25) is 4.79 Å². The van der Waals surface area contributed by atoms with Crippen LogP contribution in [0, 0.1) is 13.8 Å². The van der Waals surface area contributed by atoms with E-state index in [1.807, 2.05) is 44.2 Å². The molecule has 1 N–H and O–H groups in total. The van der Waals surface area contributed by atoms with E-state index in [-0.39, 0.29) is 5.91 Å². The van der Waals surface area contributed by atoms with Gasteiger partial charge in [0.1, 0.15) is 0 Å². The summed E-state index contributed by atoms with van der Waals surface area (Å²) in [4.78, 5) is 17.4. The number of nitrogens with one attached hydrogen (secondary N) is 1. The largest absolute Gasteiger partial charge is 0.300 e. The zero-order chi connectivity index (χ0) is 17.1. The predicted octanol–water partition coefficient (Wildman–Crippen LogP) is 4.76. The first-order valence-electron chi connectivity index (χ1n) is 8.01. The van der Waals surface area contributed by atoms with Crippen LogP contribution in [-0.2, 0) is 11.2 Å². The Labute approximate surface area is 146 Å². The summed E-state index contributed by atoms with van der Waals surface area (Å²) in [5.41, 5.74) is 5.46. The Hall–Kier alpha value is -2.33. The third-order valence-corrected chi connectivity index (χ3v) is 4.83. The average molecular weight is 336 g/mol. The van der Waals surface area contributed by atoms with Gasteiger partial charge in [-0.05, 0) is 66.4 Å². The summed E-state index contributed by atoms with van der Waals surface area (Å²) in [6, 6.07) is 14.4. The van der Waals surface area contributed by atoms with E-state index >= 15 is 0 Å². The fraction of sp³-hybridized carbons (Fsp3) is 0.200. The smallest absolute Gasteiger partial charge is 0.264 e. The minimum atomic E-state index is -0.0939. The minimum absolute atomic E-state index is 0.0939. The number of benzene rings is 2. The van der Waals surface area contributed by atoms with Crippen LogP contribution in [0.15, 0.2) is 52.4 Å². The highest BCUT2D eigenvalue weighted by Crippen LogP contribution is 2.29. The molecule has 3 nitrogen and oxygen atoms in total. The summed E-state index contributed by atoms with van der Waals surface area (Å²) in [5.74, 6) is -0.0939. The number of aryl methyl sites for hydroxylation is 3. The molecule has 0 saturated carbocycles. The van der Waals surface area contributed by atoms with Crippen LogP contribution in [0.1, 0.15) is 29.2 Å². The summed E-state index contributed by atoms with van der Waals surface area (Å²) < 4.78 is 0. The van der Waals surface area contributed by atoms with Crippen LogP contribution >= 0.6 is 11.8 Å². The molecule has 2 aromatic carbocycles. The maximum Gasteiger partial charge on any atom is 0.264 e. The van der Waals surface area contributed by atoms with Crippen LogP contribution in [-0.4, -0.2) is 11.1 Å². The maximum atomic E-state index is 12.2. The lowest BCUT2D eigenvalue weighted by atomic mass is 10.1. The Balaban J connectivity index is 1.83. The van der Waals surface area contributed by atoms with Crippen LogP contribution in [0.2, 0.25) is 0 Å². The number of aliphatic imine (C=N–C) groups is 1. The van der Waals surface area contributed by atoms with E-state index in [0.717, 1.165) is 28.8 Å². The molecule has 0 spiro atoms. The molecule has 1 aliphatic heterocycles. The summed E-state index contributed by atoms with van der Waals surface area (Å²) >= 11 is 1.38. The first-order chi connectivity index (χ1) is 11.5. The first-order valence-corrected chi connectivity index (χ1v) is 8.82. The number of hydrogen-bond donors (Lipinski definition) is 1. The zero-order valence-corrected chi connectivity index (χ0v) is 14.9. The molecule has 1 fully saturated rings. The lowest BCUT2D eigenvalue weighted by Crippen LogP contribution is -2.19. The van der Waals surface area contributed by atoms with Crippen molar-refractivity contribution in [2.75, 3.05) is 0 Å². The molecule has 0 aliphatic carbocycles. The van der Waals surface area contributed by atoms with Crippen molar-refractivity contribution in [2.45, 2.75) is 27.2 Å². The molecule has 0 unspecified atom stereocenters. The topological polar surface area (TPSA) is 41.5 Å². The Bertz CT molecular complexity index is 835. The van der Waals surface area contributed by atoms with Gasteiger partial charge in [0.25, 0.3) is 5.91 Å². The lowest BCUT2D eigenvalue weighted by molar-refractivity contribution is -0.115. The quantitative estimate of drug-likeness (QED) is 0.821. The van der Waals surface area contributed by atoms with Crippen molar-refractivity contribution >= 4 is 34.6 Å². The number of carbonyl (C=O) groups excluding carboxylic acids is 1. The number of nitrogens with zero attached hydrogens (tertiary/aromatic N) is 1. The molecule has 1 amide bonds. The second-order valence-electron chi connectivity index (χ2n) is 5.87. The van der Waals surface area contributed by atoms with Crippen LogP contribution in [0.25, 0.3) is 6.08 Å². The number of carbonyl (C=O) groups is 1. The number of amides is 1. The molecular weight excluding hydrogens is 316 g/mol. The highest BCUT2D eigenvalue weighted by atomic mass is 32.2. The Morgan fingerprint density at radius 3 is 2.58 bits per heavy atom. The van der Waals surface area contributed by atoms with E-state index in [4.69, 9.17) is 0 Å². The SMILES string of the molecule is CCc1ccc(C=C2SC(=Nc3cc(C)ccc3C)NC2=O)cc1. The van der Waals surface area contributed by atoms with Gasteiger partial charge in [0.05, 0.1) is 10.6 Å². The molecule has 0 radical (unpaired) electrons. The van der Waals surface area contributed by atoms with Crippen LogP contribution in [0.3, 0.4) is 0 Å². The standard InChI is InChI=1S/C20H20N2OS/c1-4-15-7-9-16(10-8-15)12-18-19(23)22-20(24-18)21-17-11-13(2)5-6-14(17)3/h5-12H,4H2,1-3H3,(H,21,22,23). The molecule has 1 saturated heterocycles. The summed E-state index contributed by atoms with van der Waals surface area (Å²) in [5, 5.41) is 3.48. The van der Waals surface area contributed by atoms with Gasteiger partial charge in [-0.15, -0.1) is 0 Å². The Kier molecular flexibility index (Phi) is 4.86. The van der Waals surface area contributed by atoms with Gasteiger partial charge in [-0.1, -0.05) is 43.3 Å². The van der Waals surface area contributed by atoms with Gasteiger partial charge >= 0.3 is 0 Å². The highest BCUT2D eigenvalue weighted by Gasteiger charge is 2.23. The summed E-state index contributed by atoms with van der Waals surface area (Å²) in [6.07, 6.45) is 2.92. The third-order valence-electron chi connectivity index (χ3n) is 3.92. The van der Waals surface area contributed by atoms with Crippen molar-refractivity contribution in [1.82, 2.24) is 5.32 Å².